The van der Waals surface area contributed by atoms with E-state index >= 15 is 0 Å². The summed E-state index contributed by atoms with van der Waals surface area (Å²) in [6.45, 7) is 4.23. The van der Waals surface area contributed by atoms with Crippen LogP contribution in [-0.4, -0.2) is 62.9 Å². The molecule has 1 aliphatic rings. The van der Waals surface area contributed by atoms with E-state index in [9.17, 15) is 4.79 Å². The molecule has 0 saturated carbocycles. The molecule has 0 aromatic heterocycles. The van der Waals surface area contributed by atoms with Gasteiger partial charge in [-0.05, 0) is 13.0 Å². The highest BCUT2D eigenvalue weighted by Crippen LogP contribution is 2.29. The lowest BCUT2D eigenvalue weighted by Crippen LogP contribution is -2.32. The van der Waals surface area contributed by atoms with Crippen molar-refractivity contribution in [3.05, 3.63) is 18.2 Å². The fourth-order valence-corrected chi connectivity index (χ4v) is 2.68. The predicted octanol–water partition coefficient (Wildman–Crippen LogP) is 1.69. The highest BCUT2D eigenvalue weighted by molar-refractivity contribution is 5.66. The van der Waals surface area contributed by atoms with Crippen LogP contribution in [-0.2, 0) is 4.79 Å². The van der Waals surface area contributed by atoms with Crippen LogP contribution < -0.4 is 14.4 Å². The zero-order valence-corrected chi connectivity index (χ0v) is 13.2. The molecule has 1 aromatic carbocycles. The molecule has 0 amide bonds. The third-order valence-electron chi connectivity index (χ3n) is 3.93. The molecule has 2 rings (SSSR count). The number of rotatable bonds is 6. The lowest BCUT2D eigenvalue weighted by atomic mass is 10.2. The van der Waals surface area contributed by atoms with Crippen molar-refractivity contribution in [1.29, 1.82) is 0 Å². The van der Waals surface area contributed by atoms with Crippen LogP contribution in [0.4, 0.5) is 5.69 Å². The van der Waals surface area contributed by atoms with Gasteiger partial charge in [0.2, 0.25) is 0 Å². The van der Waals surface area contributed by atoms with E-state index in [4.69, 9.17) is 14.6 Å². The SMILES string of the molecule is COc1cc(OC)cc(N2CCCN(CCC(=O)O)CC2)c1. The van der Waals surface area contributed by atoms with E-state index in [1.165, 1.54) is 0 Å². The summed E-state index contributed by atoms with van der Waals surface area (Å²) in [5, 5.41) is 8.79. The largest absolute Gasteiger partial charge is 0.497 e. The molecule has 0 unspecified atom stereocenters. The third-order valence-corrected chi connectivity index (χ3v) is 3.93. The van der Waals surface area contributed by atoms with Crippen LogP contribution in [0.15, 0.2) is 18.2 Å². The van der Waals surface area contributed by atoms with Crippen molar-refractivity contribution in [3.8, 4) is 11.5 Å². The summed E-state index contributed by atoms with van der Waals surface area (Å²) >= 11 is 0. The van der Waals surface area contributed by atoms with Gasteiger partial charge >= 0.3 is 5.97 Å². The van der Waals surface area contributed by atoms with Gasteiger partial charge in [0.15, 0.2) is 0 Å². The zero-order valence-electron chi connectivity index (χ0n) is 13.2. The fourth-order valence-electron chi connectivity index (χ4n) is 2.68. The molecular weight excluding hydrogens is 284 g/mol. The van der Waals surface area contributed by atoms with Crippen molar-refractivity contribution in [2.45, 2.75) is 12.8 Å². The van der Waals surface area contributed by atoms with E-state index in [1.807, 2.05) is 18.2 Å². The minimum absolute atomic E-state index is 0.201. The van der Waals surface area contributed by atoms with E-state index in [2.05, 4.69) is 9.80 Å². The minimum atomic E-state index is -0.737. The Kier molecular flexibility index (Phi) is 5.89. The molecule has 1 N–H and O–H groups in total. The van der Waals surface area contributed by atoms with Crippen LogP contribution in [0.3, 0.4) is 0 Å². The van der Waals surface area contributed by atoms with Crippen LogP contribution in [0.2, 0.25) is 0 Å². The van der Waals surface area contributed by atoms with Gasteiger partial charge in [0, 0.05) is 50.1 Å². The third kappa shape index (κ3) is 4.53. The zero-order chi connectivity index (χ0) is 15.9. The van der Waals surface area contributed by atoms with E-state index in [0.717, 1.165) is 49.8 Å². The molecule has 1 heterocycles. The van der Waals surface area contributed by atoms with E-state index in [-0.39, 0.29) is 6.42 Å². The van der Waals surface area contributed by atoms with Crippen LogP contribution in [0.25, 0.3) is 0 Å². The molecule has 0 aliphatic carbocycles. The maximum atomic E-state index is 10.7. The molecule has 6 heteroatoms. The quantitative estimate of drug-likeness (QED) is 0.863. The lowest BCUT2D eigenvalue weighted by Gasteiger charge is -2.24. The molecule has 22 heavy (non-hydrogen) atoms. The Labute approximate surface area is 131 Å². The predicted molar refractivity (Wildman–Crippen MR) is 85.1 cm³/mol. The Morgan fingerprint density at radius 2 is 1.77 bits per heavy atom. The molecule has 1 saturated heterocycles. The number of nitrogens with zero attached hydrogens (tertiary/aromatic N) is 2. The number of carboxylic acid groups (broad SMARTS) is 1. The van der Waals surface area contributed by atoms with Crippen molar-refractivity contribution < 1.29 is 19.4 Å². The average Bonchev–Trinajstić information content (AvgIpc) is 2.78. The second kappa shape index (κ2) is 7.89. The molecule has 0 bridgehead atoms. The van der Waals surface area contributed by atoms with Gasteiger partial charge in [0.25, 0.3) is 0 Å². The Hall–Kier alpha value is -1.95. The van der Waals surface area contributed by atoms with Crippen molar-refractivity contribution >= 4 is 11.7 Å². The first kappa shape index (κ1) is 16.4. The fraction of sp³-hybridized carbons (Fsp3) is 0.562. The number of aliphatic carboxylic acids is 1. The van der Waals surface area contributed by atoms with Crippen LogP contribution in [0.5, 0.6) is 11.5 Å². The van der Waals surface area contributed by atoms with E-state index < -0.39 is 5.97 Å². The molecule has 1 aromatic rings. The van der Waals surface area contributed by atoms with Gasteiger partial charge in [-0.3, -0.25) is 4.79 Å². The Morgan fingerprint density at radius 1 is 1.09 bits per heavy atom. The number of carbonyl (C=O) groups is 1. The lowest BCUT2D eigenvalue weighted by molar-refractivity contribution is -0.137. The summed E-state index contributed by atoms with van der Waals surface area (Å²) in [5.74, 6) is 0.821. The van der Waals surface area contributed by atoms with Gasteiger partial charge in [0.05, 0.1) is 20.6 Å². The van der Waals surface area contributed by atoms with Crippen LogP contribution in [0.1, 0.15) is 12.8 Å². The number of hydrogen-bond acceptors (Lipinski definition) is 5. The Morgan fingerprint density at radius 3 is 2.36 bits per heavy atom. The molecule has 0 atom stereocenters. The molecule has 0 radical (unpaired) electrons. The summed E-state index contributed by atoms with van der Waals surface area (Å²) in [6, 6.07) is 5.88. The number of anilines is 1. The first-order valence-corrected chi connectivity index (χ1v) is 7.54. The summed E-state index contributed by atoms with van der Waals surface area (Å²) in [4.78, 5) is 15.2. The normalized spacial score (nSPS) is 16.2. The van der Waals surface area contributed by atoms with E-state index in [1.54, 1.807) is 14.2 Å². The first-order chi connectivity index (χ1) is 10.6. The summed E-state index contributed by atoms with van der Waals surface area (Å²) in [7, 11) is 3.29. The Bertz CT molecular complexity index is 485. The van der Waals surface area contributed by atoms with Crippen molar-refractivity contribution in [3.63, 3.8) is 0 Å². The van der Waals surface area contributed by atoms with Crippen molar-refractivity contribution in [1.82, 2.24) is 4.90 Å². The Balaban J connectivity index is 2.02. The number of benzene rings is 1. The number of carboxylic acids is 1. The van der Waals surface area contributed by atoms with Crippen LogP contribution in [0, 0.1) is 0 Å². The smallest absolute Gasteiger partial charge is 0.304 e. The molecule has 0 spiro atoms. The highest BCUT2D eigenvalue weighted by Gasteiger charge is 2.17. The van der Waals surface area contributed by atoms with Gasteiger partial charge in [-0.15, -0.1) is 0 Å². The van der Waals surface area contributed by atoms with E-state index in [0.29, 0.717) is 6.54 Å². The van der Waals surface area contributed by atoms with Gasteiger partial charge in [-0.2, -0.15) is 0 Å². The summed E-state index contributed by atoms with van der Waals surface area (Å²) in [6.07, 6.45) is 1.21. The maximum Gasteiger partial charge on any atom is 0.304 e. The number of ether oxygens (including phenoxy) is 2. The van der Waals surface area contributed by atoms with Crippen LogP contribution >= 0.6 is 0 Å². The van der Waals surface area contributed by atoms with Crippen molar-refractivity contribution in [2.24, 2.45) is 0 Å². The minimum Gasteiger partial charge on any atom is -0.497 e. The highest BCUT2D eigenvalue weighted by atomic mass is 16.5. The molecule has 1 aliphatic heterocycles. The maximum absolute atomic E-state index is 10.7. The van der Waals surface area contributed by atoms with Crippen molar-refractivity contribution in [2.75, 3.05) is 51.8 Å². The van der Waals surface area contributed by atoms with Gasteiger partial charge < -0.3 is 24.4 Å². The summed E-state index contributed by atoms with van der Waals surface area (Å²) < 4.78 is 10.6. The number of methoxy groups -OCH3 is 2. The standard InChI is InChI=1S/C16H24N2O4/c1-21-14-10-13(11-15(12-14)22-2)18-6-3-5-17(8-9-18)7-4-16(19)20/h10-12H,3-9H2,1-2H3,(H,19,20). The number of hydrogen-bond donors (Lipinski definition) is 1. The van der Waals surface area contributed by atoms with Gasteiger partial charge in [-0.1, -0.05) is 0 Å². The van der Waals surface area contributed by atoms with Gasteiger partial charge in [0.1, 0.15) is 11.5 Å². The average molecular weight is 308 g/mol. The topological polar surface area (TPSA) is 62.2 Å². The second-order valence-corrected chi connectivity index (χ2v) is 5.40. The first-order valence-electron chi connectivity index (χ1n) is 7.54. The molecule has 6 nitrogen and oxygen atoms in total. The monoisotopic (exact) mass is 308 g/mol. The summed E-state index contributed by atoms with van der Waals surface area (Å²) in [5.41, 5.74) is 1.08. The molecular formula is C16H24N2O4. The molecule has 122 valence electrons. The second-order valence-electron chi connectivity index (χ2n) is 5.40. The van der Waals surface area contributed by atoms with Gasteiger partial charge in [-0.25, -0.2) is 0 Å². The molecule has 1 fully saturated rings.